The molecule has 0 unspecified atom stereocenters. The third-order valence-corrected chi connectivity index (χ3v) is 8.15. The van der Waals surface area contributed by atoms with Crippen LogP contribution < -0.4 is 10.6 Å². The fourth-order valence-corrected chi connectivity index (χ4v) is 5.69. The van der Waals surface area contributed by atoms with Crippen LogP contribution in [0, 0.1) is 17.8 Å². The molecule has 0 aliphatic heterocycles. The van der Waals surface area contributed by atoms with Crippen molar-refractivity contribution in [2.45, 2.75) is 97.1 Å². The second kappa shape index (κ2) is 16.7. The van der Waals surface area contributed by atoms with Gasteiger partial charge in [-0.1, -0.05) is 120 Å². The minimum absolute atomic E-state index is 0.00597. The summed E-state index contributed by atoms with van der Waals surface area (Å²) in [6.07, 6.45) is 6.78. The third-order valence-electron chi connectivity index (χ3n) is 8.15. The van der Waals surface area contributed by atoms with Crippen LogP contribution in [0.5, 0.6) is 0 Å². The van der Waals surface area contributed by atoms with Crippen LogP contribution in [0.15, 0.2) is 60.7 Å². The van der Waals surface area contributed by atoms with Crippen LogP contribution in [0.4, 0.5) is 0 Å². The average molecular weight is 575 g/mol. The summed E-state index contributed by atoms with van der Waals surface area (Å²) >= 11 is 0. The summed E-state index contributed by atoms with van der Waals surface area (Å²) in [5.41, 5.74) is 1.44. The summed E-state index contributed by atoms with van der Waals surface area (Å²) in [7, 11) is 0. The Bertz CT molecular complexity index is 1190. The first-order valence-electron chi connectivity index (χ1n) is 15.5. The molecule has 226 valence electrons. The van der Waals surface area contributed by atoms with Gasteiger partial charge in [0, 0.05) is 24.3 Å². The highest BCUT2D eigenvalue weighted by molar-refractivity contribution is 6.39. The molecule has 42 heavy (non-hydrogen) atoms. The molecule has 0 bridgehead atoms. The Balaban J connectivity index is 1.71. The lowest BCUT2D eigenvalue weighted by Gasteiger charge is -2.27. The fourth-order valence-electron chi connectivity index (χ4n) is 5.69. The zero-order valence-corrected chi connectivity index (χ0v) is 25.3. The summed E-state index contributed by atoms with van der Waals surface area (Å²) in [4.78, 5) is 66.2. The lowest BCUT2D eigenvalue weighted by molar-refractivity contribution is -0.140. The number of hydrogen-bond acceptors (Lipinski definition) is 5. The van der Waals surface area contributed by atoms with Crippen molar-refractivity contribution in [2.24, 2.45) is 17.8 Å². The maximum atomic E-state index is 13.6. The second-order valence-electron chi connectivity index (χ2n) is 12.0. The third kappa shape index (κ3) is 10.0. The van der Waals surface area contributed by atoms with Gasteiger partial charge < -0.3 is 10.6 Å². The smallest absolute Gasteiger partial charge is 0.243 e. The molecule has 2 amide bonds. The van der Waals surface area contributed by atoms with E-state index in [1.54, 1.807) is 38.1 Å². The van der Waals surface area contributed by atoms with E-state index in [0.717, 1.165) is 31.2 Å². The zero-order chi connectivity index (χ0) is 30.5. The Labute approximate surface area is 250 Å². The van der Waals surface area contributed by atoms with E-state index in [-0.39, 0.29) is 30.5 Å². The van der Waals surface area contributed by atoms with Crippen LogP contribution in [0.3, 0.4) is 0 Å². The van der Waals surface area contributed by atoms with Gasteiger partial charge in [0.05, 0.1) is 6.04 Å². The lowest BCUT2D eigenvalue weighted by Crippen LogP contribution is -2.55. The van der Waals surface area contributed by atoms with E-state index in [1.165, 1.54) is 6.42 Å². The molecule has 0 aromatic heterocycles. The van der Waals surface area contributed by atoms with Gasteiger partial charge in [0.1, 0.15) is 6.04 Å². The molecule has 7 heteroatoms. The van der Waals surface area contributed by atoms with Gasteiger partial charge in [0.2, 0.25) is 23.4 Å². The first kappa shape index (κ1) is 32.9. The summed E-state index contributed by atoms with van der Waals surface area (Å²) in [6.45, 7) is 5.51. The van der Waals surface area contributed by atoms with E-state index in [9.17, 15) is 24.0 Å². The number of hydrogen-bond donors (Lipinski definition) is 2. The highest BCUT2D eigenvalue weighted by Gasteiger charge is 2.34. The number of carbonyl (C=O) groups excluding carboxylic acids is 5. The normalized spacial score (nSPS) is 15.8. The van der Waals surface area contributed by atoms with Gasteiger partial charge in [-0.2, -0.15) is 0 Å². The van der Waals surface area contributed by atoms with Crippen molar-refractivity contribution >= 4 is 29.2 Å². The molecule has 0 radical (unpaired) electrons. The van der Waals surface area contributed by atoms with Crippen molar-refractivity contribution in [1.82, 2.24) is 10.6 Å². The molecule has 7 nitrogen and oxygen atoms in total. The Morgan fingerprint density at radius 3 is 2.02 bits per heavy atom. The Morgan fingerprint density at radius 1 is 0.810 bits per heavy atom. The van der Waals surface area contributed by atoms with E-state index in [4.69, 9.17) is 0 Å². The molecule has 1 aliphatic carbocycles. The molecule has 3 rings (SSSR count). The molecule has 1 fully saturated rings. The van der Waals surface area contributed by atoms with Gasteiger partial charge >= 0.3 is 0 Å². The van der Waals surface area contributed by atoms with Gasteiger partial charge in [0.25, 0.3) is 0 Å². The van der Waals surface area contributed by atoms with Crippen molar-refractivity contribution in [2.75, 3.05) is 0 Å². The lowest BCUT2D eigenvalue weighted by atomic mass is 9.84. The van der Waals surface area contributed by atoms with E-state index in [1.807, 2.05) is 43.3 Å². The summed E-state index contributed by atoms with van der Waals surface area (Å²) in [6, 6.07) is 16.5. The minimum atomic E-state index is -0.954. The molecule has 2 aromatic rings. The molecular formula is C35H46N2O5. The Kier molecular flexibility index (Phi) is 13.1. The van der Waals surface area contributed by atoms with Crippen LogP contribution in [-0.4, -0.2) is 41.2 Å². The number of ketones is 3. The van der Waals surface area contributed by atoms with E-state index in [2.05, 4.69) is 10.6 Å². The van der Waals surface area contributed by atoms with Crippen molar-refractivity contribution in [3.05, 3.63) is 71.8 Å². The number of benzene rings is 2. The number of Topliss-reactive ketones (excluding diaryl/α,β-unsaturated/α-hetero) is 3. The molecule has 0 heterocycles. The molecule has 2 N–H and O–H groups in total. The molecule has 2 aromatic carbocycles. The molecule has 3 atom stereocenters. The van der Waals surface area contributed by atoms with Gasteiger partial charge in [-0.05, 0) is 30.2 Å². The van der Waals surface area contributed by atoms with E-state index >= 15 is 0 Å². The van der Waals surface area contributed by atoms with Gasteiger partial charge in [0.15, 0.2) is 5.78 Å². The SMILES string of the molecule is CCC[C@H](NC(=O)[C@@H](CC(=O)c1ccccc1)Cc1ccccc1)C(=O)N[C@H](C(=O)C(=O)CC1CCCCC1)C(C)C. The van der Waals surface area contributed by atoms with Gasteiger partial charge in [-0.3, -0.25) is 24.0 Å². The Hall–Kier alpha value is -3.61. The summed E-state index contributed by atoms with van der Waals surface area (Å²) < 4.78 is 0. The maximum absolute atomic E-state index is 13.6. The minimum Gasteiger partial charge on any atom is -0.344 e. The van der Waals surface area contributed by atoms with Gasteiger partial charge in [-0.15, -0.1) is 0 Å². The maximum Gasteiger partial charge on any atom is 0.243 e. The fraction of sp³-hybridized carbons (Fsp3) is 0.514. The largest absolute Gasteiger partial charge is 0.344 e. The highest BCUT2D eigenvalue weighted by Crippen LogP contribution is 2.27. The monoisotopic (exact) mass is 574 g/mol. The highest BCUT2D eigenvalue weighted by atomic mass is 16.2. The quantitative estimate of drug-likeness (QED) is 0.199. The molecule has 0 spiro atoms. The first-order chi connectivity index (χ1) is 20.2. The van der Waals surface area contributed by atoms with E-state index in [0.29, 0.717) is 24.8 Å². The molecule has 1 aliphatic rings. The van der Waals surface area contributed by atoms with Crippen LogP contribution in [0.25, 0.3) is 0 Å². The van der Waals surface area contributed by atoms with Crippen molar-refractivity contribution in [3.8, 4) is 0 Å². The zero-order valence-electron chi connectivity index (χ0n) is 25.3. The second-order valence-corrected chi connectivity index (χ2v) is 12.0. The standard InChI is InChI=1S/C35H46N2O5/c1-4-14-29(35(42)37-32(24(2)3)33(40)31(39)22-26-17-10-6-11-18-26)36-34(41)28(21-25-15-8-5-9-16-25)23-30(38)27-19-12-7-13-20-27/h5,7-9,12-13,15-16,19-20,24,26,28-29,32H,4,6,10-11,14,17-18,21-23H2,1-3H3,(H,36,41)(H,37,42)/t28-,29+,32+/m1/s1. The van der Waals surface area contributed by atoms with Crippen molar-refractivity contribution < 1.29 is 24.0 Å². The Morgan fingerprint density at radius 2 is 1.43 bits per heavy atom. The first-order valence-corrected chi connectivity index (χ1v) is 15.5. The van der Waals surface area contributed by atoms with Crippen molar-refractivity contribution in [3.63, 3.8) is 0 Å². The number of rotatable bonds is 16. The predicted octanol–water partition coefficient (Wildman–Crippen LogP) is 5.65. The molecule has 0 saturated heterocycles. The van der Waals surface area contributed by atoms with Crippen LogP contribution >= 0.6 is 0 Å². The van der Waals surface area contributed by atoms with Crippen LogP contribution in [-0.2, 0) is 25.6 Å². The summed E-state index contributed by atoms with van der Waals surface area (Å²) in [5, 5.41) is 5.66. The predicted molar refractivity (Wildman–Crippen MR) is 164 cm³/mol. The number of carbonyl (C=O) groups is 5. The van der Waals surface area contributed by atoms with Crippen molar-refractivity contribution in [1.29, 1.82) is 0 Å². The van der Waals surface area contributed by atoms with Crippen LogP contribution in [0.1, 0.15) is 94.5 Å². The average Bonchev–Trinajstić information content (AvgIpc) is 3.00. The molecule has 1 saturated carbocycles. The summed E-state index contributed by atoms with van der Waals surface area (Å²) in [5.74, 6) is -2.78. The number of amides is 2. The molecular weight excluding hydrogens is 528 g/mol. The topological polar surface area (TPSA) is 109 Å². The van der Waals surface area contributed by atoms with Crippen LogP contribution in [0.2, 0.25) is 0 Å². The van der Waals surface area contributed by atoms with E-state index < -0.39 is 41.4 Å². The van der Waals surface area contributed by atoms with Gasteiger partial charge in [-0.25, -0.2) is 0 Å². The number of nitrogens with one attached hydrogen (secondary N) is 2.